The molecule has 0 radical (unpaired) electrons. The van der Waals surface area contributed by atoms with Gasteiger partial charge in [-0.3, -0.25) is 0 Å². The van der Waals surface area contributed by atoms with Crippen LogP contribution in [0, 0.1) is 0 Å². The van der Waals surface area contributed by atoms with Crippen LogP contribution in [0.5, 0.6) is 34.5 Å². The third-order valence-electron chi connectivity index (χ3n) is 7.18. The van der Waals surface area contributed by atoms with Crippen LogP contribution in [-0.4, -0.2) is 26.4 Å². The maximum absolute atomic E-state index is 6.19. The zero-order valence-electron chi connectivity index (χ0n) is 25.5. The number of benzene rings is 6. The first-order valence-corrected chi connectivity index (χ1v) is 15.4. The van der Waals surface area contributed by atoms with Gasteiger partial charge in [0, 0.05) is 0 Å². The molecule has 6 aromatic carbocycles. The summed E-state index contributed by atoms with van der Waals surface area (Å²) in [4.78, 5) is 0. The first-order valence-electron chi connectivity index (χ1n) is 15.4. The zero-order chi connectivity index (χ0) is 31.2. The van der Waals surface area contributed by atoms with Crippen LogP contribution in [0.15, 0.2) is 146 Å². The lowest BCUT2D eigenvalue weighted by atomic mass is 10.1. The lowest BCUT2D eigenvalue weighted by Gasteiger charge is -2.16. The van der Waals surface area contributed by atoms with Crippen LogP contribution in [0.4, 0.5) is 0 Å². The van der Waals surface area contributed by atoms with Gasteiger partial charge < -0.3 is 28.4 Å². The van der Waals surface area contributed by atoms with Crippen molar-refractivity contribution in [2.24, 2.45) is 0 Å². The van der Waals surface area contributed by atoms with Crippen molar-refractivity contribution in [3.05, 3.63) is 157 Å². The van der Waals surface area contributed by atoms with Crippen molar-refractivity contribution in [1.29, 1.82) is 0 Å². The molecule has 0 aliphatic rings. The Labute approximate surface area is 269 Å². The number of ether oxygens (including phenoxy) is 6. The highest BCUT2D eigenvalue weighted by atomic mass is 16.6. The molecule has 0 saturated carbocycles. The van der Waals surface area contributed by atoms with Crippen molar-refractivity contribution in [2.45, 2.75) is 13.2 Å². The van der Waals surface area contributed by atoms with E-state index >= 15 is 0 Å². The van der Waals surface area contributed by atoms with Gasteiger partial charge in [-0.15, -0.1) is 0 Å². The van der Waals surface area contributed by atoms with Gasteiger partial charge in [-0.05, 0) is 58.3 Å². The molecule has 6 nitrogen and oxygen atoms in total. The summed E-state index contributed by atoms with van der Waals surface area (Å²) in [6.45, 7) is 2.24. The van der Waals surface area contributed by atoms with E-state index in [2.05, 4.69) is 12.1 Å². The molecule has 6 aromatic rings. The SMILES string of the molecule is c1ccc(COc2ccccc2OCCOc2cc3ccccc3cc2OCCOc2ccccc2OCc2ccccc2)cc1. The van der Waals surface area contributed by atoms with Gasteiger partial charge in [0.1, 0.15) is 39.6 Å². The number of hydrogen-bond donors (Lipinski definition) is 0. The minimum atomic E-state index is 0.324. The molecule has 0 fully saturated rings. The van der Waals surface area contributed by atoms with Gasteiger partial charge in [-0.2, -0.15) is 0 Å². The van der Waals surface area contributed by atoms with Crippen LogP contribution in [0.25, 0.3) is 10.8 Å². The van der Waals surface area contributed by atoms with E-state index in [4.69, 9.17) is 28.4 Å². The summed E-state index contributed by atoms with van der Waals surface area (Å²) in [5, 5.41) is 2.12. The Bertz CT molecular complexity index is 1670. The first kappa shape index (κ1) is 30.4. The van der Waals surface area contributed by atoms with E-state index in [0.29, 0.717) is 74.1 Å². The van der Waals surface area contributed by atoms with Crippen molar-refractivity contribution in [3.8, 4) is 34.5 Å². The van der Waals surface area contributed by atoms with Gasteiger partial charge in [0.15, 0.2) is 34.5 Å². The van der Waals surface area contributed by atoms with Crippen molar-refractivity contribution in [2.75, 3.05) is 26.4 Å². The number of para-hydroxylation sites is 4. The summed E-state index contributed by atoms with van der Waals surface area (Å²) < 4.78 is 36.6. The quantitative estimate of drug-likeness (QED) is 0.102. The highest BCUT2D eigenvalue weighted by molar-refractivity contribution is 5.86. The highest BCUT2D eigenvalue weighted by Gasteiger charge is 2.11. The molecular formula is C40H36O6. The Morgan fingerprint density at radius 1 is 0.283 bits per heavy atom. The van der Waals surface area contributed by atoms with Crippen LogP contribution >= 0.6 is 0 Å². The van der Waals surface area contributed by atoms with E-state index in [1.54, 1.807) is 0 Å². The molecule has 0 bridgehead atoms. The van der Waals surface area contributed by atoms with Gasteiger partial charge in [-0.25, -0.2) is 0 Å². The molecule has 0 aliphatic carbocycles. The molecule has 0 aliphatic heterocycles. The molecule has 0 atom stereocenters. The van der Waals surface area contributed by atoms with Crippen molar-refractivity contribution >= 4 is 10.8 Å². The fraction of sp³-hybridized carbons (Fsp3) is 0.150. The summed E-state index contributed by atoms with van der Waals surface area (Å²) in [6.07, 6.45) is 0. The first-order chi connectivity index (χ1) is 22.8. The summed E-state index contributed by atoms with van der Waals surface area (Å²) in [5.41, 5.74) is 2.19. The molecule has 6 heteroatoms. The summed E-state index contributed by atoms with van der Waals surface area (Å²) in [7, 11) is 0. The van der Waals surface area contributed by atoms with E-state index in [0.717, 1.165) is 21.9 Å². The monoisotopic (exact) mass is 612 g/mol. The maximum atomic E-state index is 6.19. The van der Waals surface area contributed by atoms with Crippen LogP contribution < -0.4 is 28.4 Å². The molecule has 0 saturated heterocycles. The largest absolute Gasteiger partial charge is 0.486 e. The van der Waals surface area contributed by atoms with E-state index in [-0.39, 0.29) is 0 Å². The Balaban J connectivity index is 1.03. The van der Waals surface area contributed by atoms with Crippen LogP contribution in [-0.2, 0) is 13.2 Å². The van der Waals surface area contributed by atoms with E-state index in [1.807, 2.05) is 133 Å². The molecule has 0 amide bonds. The second kappa shape index (κ2) is 15.9. The third-order valence-corrected chi connectivity index (χ3v) is 7.18. The molecule has 46 heavy (non-hydrogen) atoms. The molecular weight excluding hydrogens is 576 g/mol. The van der Waals surface area contributed by atoms with Gasteiger partial charge in [-0.1, -0.05) is 109 Å². The van der Waals surface area contributed by atoms with Crippen LogP contribution in [0.1, 0.15) is 11.1 Å². The normalized spacial score (nSPS) is 10.7. The second-order valence-corrected chi connectivity index (χ2v) is 10.5. The predicted octanol–water partition coefficient (Wildman–Crippen LogP) is 8.91. The molecule has 0 N–H and O–H groups in total. The fourth-order valence-electron chi connectivity index (χ4n) is 4.88. The van der Waals surface area contributed by atoms with Crippen molar-refractivity contribution in [3.63, 3.8) is 0 Å². The highest BCUT2D eigenvalue weighted by Crippen LogP contribution is 2.33. The minimum Gasteiger partial charge on any atom is -0.486 e. The Morgan fingerprint density at radius 3 is 0.978 bits per heavy atom. The Hall–Kier alpha value is -5.62. The summed E-state index contributed by atoms with van der Waals surface area (Å²) in [5.74, 6) is 4.00. The second-order valence-electron chi connectivity index (χ2n) is 10.5. The number of hydrogen-bond acceptors (Lipinski definition) is 6. The number of fused-ring (bicyclic) bond motifs is 1. The molecule has 232 valence electrons. The lowest BCUT2D eigenvalue weighted by Crippen LogP contribution is -2.12. The Morgan fingerprint density at radius 2 is 0.587 bits per heavy atom. The minimum absolute atomic E-state index is 0.324. The van der Waals surface area contributed by atoms with Crippen LogP contribution in [0.3, 0.4) is 0 Å². The molecule has 0 spiro atoms. The fourth-order valence-corrected chi connectivity index (χ4v) is 4.88. The van der Waals surface area contributed by atoms with Crippen molar-refractivity contribution in [1.82, 2.24) is 0 Å². The maximum Gasteiger partial charge on any atom is 0.161 e. The standard InChI is InChI=1S/C40H36O6/c1-3-13-31(14-4-1)29-45-37-21-11-9-19-35(37)41-23-25-43-39-27-33-17-7-8-18-34(33)28-40(39)44-26-24-42-36-20-10-12-22-38(36)46-30-32-15-5-2-6-16-32/h1-22,27-28H,23-26,29-30H2. The third kappa shape index (κ3) is 8.51. The molecule has 0 unspecified atom stereocenters. The van der Waals surface area contributed by atoms with Gasteiger partial charge in [0.25, 0.3) is 0 Å². The van der Waals surface area contributed by atoms with Gasteiger partial charge in [0.05, 0.1) is 0 Å². The van der Waals surface area contributed by atoms with E-state index in [9.17, 15) is 0 Å². The smallest absolute Gasteiger partial charge is 0.161 e. The topological polar surface area (TPSA) is 55.4 Å². The van der Waals surface area contributed by atoms with E-state index < -0.39 is 0 Å². The van der Waals surface area contributed by atoms with Gasteiger partial charge in [0.2, 0.25) is 0 Å². The van der Waals surface area contributed by atoms with E-state index in [1.165, 1.54) is 0 Å². The molecule has 6 rings (SSSR count). The van der Waals surface area contributed by atoms with Crippen molar-refractivity contribution < 1.29 is 28.4 Å². The Kier molecular flexibility index (Phi) is 10.5. The molecule has 0 aromatic heterocycles. The molecule has 0 heterocycles. The lowest BCUT2D eigenvalue weighted by molar-refractivity contribution is 0.185. The van der Waals surface area contributed by atoms with Gasteiger partial charge >= 0.3 is 0 Å². The number of rotatable bonds is 16. The van der Waals surface area contributed by atoms with Crippen LogP contribution in [0.2, 0.25) is 0 Å². The summed E-state index contributed by atoms with van der Waals surface area (Å²) >= 11 is 0. The average Bonchev–Trinajstić information content (AvgIpc) is 3.12. The predicted molar refractivity (Wildman–Crippen MR) is 180 cm³/mol. The average molecular weight is 613 g/mol. The summed E-state index contributed by atoms with van der Waals surface area (Å²) in [6, 6.07) is 47.6. The zero-order valence-corrected chi connectivity index (χ0v) is 25.5.